The van der Waals surface area contributed by atoms with Gasteiger partial charge < -0.3 is 4.74 Å². The predicted octanol–water partition coefficient (Wildman–Crippen LogP) is 1.57. The Kier molecular flexibility index (Phi) is 3.34. The van der Waals surface area contributed by atoms with Crippen molar-refractivity contribution >= 4 is 11.8 Å². The smallest absolute Gasteiger partial charge is 0.313 e. The van der Waals surface area contributed by atoms with Crippen LogP contribution in [0.3, 0.4) is 0 Å². The van der Waals surface area contributed by atoms with E-state index in [0.29, 0.717) is 0 Å². The quantitative estimate of drug-likeness (QED) is 0.418. The fourth-order valence-corrected chi connectivity index (χ4v) is 0.967. The van der Waals surface area contributed by atoms with Crippen molar-refractivity contribution in [3.63, 3.8) is 0 Å². The average molecular weight is 196 g/mol. The summed E-state index contributed by atoms with van der Waals surface area (Å²) in [6, 6.07) is 5.19. The Morgan fingerprint density at radius 3 is 2.71 bits per heavy atom. The first-order valence-corrected chi connectivity index (χ1v) is 3.99. The molecule has 1 aromatic rings. The molecule has 14 heavy (non-hydrogen) atoms. The summed E-state index contributed by atoms with van der Waals surface area (Å²) in [7, 11) is 1.20. The maximum Gasteiger partial charge on any atom is 0.313 e. The van der Waals surface area contributed by atoms with Gasteiger partial charge in [-0.2, -0.15) is 0 Å². The lowest BCUT2D eigenvalue weighted by atomic mass is 10.1. The van der Waals surface area contributed by atoms with Gasteiger partial charge in [0.15, 0.2) is 5.78 Å². The van der Waals surface area contributed by atoms with Crippen molar-refractivity contribution in [3.05, 3.63) is 35.6 Å². The van der Waals surface area contributed by atoms with Gasteiger partial charge in [-0.25, -0.2) is 4.39 Å². The Labute approximate surface area is 80.5 Å². The van der Waals surface area contributed by atoms with Crippen LogP contribution in [0, 0.1) is 5.82 Å². The van der Waals surface area contributed by atoms with Crippen LogP contribution < -0.4 is 0 Å². The van der Waals surface area contributed by atoms with Gasteiger partial charge in [-0.1, -0.05) is 12.1 Å². The number of carbonyl (C=O) groups is 2. The Bertz CT molecular complexity index is 360. The Hall–Kier alpha value is -1.71. The molecule has 0 heterocycles. The fourth-order valence-electron chi connectivity index (χ4n) is 0.967. The van der Waals surface area contributed by atoms with Crippen LogP contribution in [0.25, 0.3) is 0 Å². The van der Waals surface area contributed by atoms with Gasteiger partial charge in [0.05, 0.1) is 7.11 Å². The number of carbonyl (C=O) groups excluding carboxylic acids is 2. The second kappa shape index (κ2) is 4.50. The molecule has 0 amide bonds. The second-order valence-corrected chi connectivity index (χ2v) is 2.69. The Morgan fingerprint density at radius 2 is 2.14 bits per heavy atom. The Balaban J connectivity index is 2.75. The van der Waals surface area contributed by atoms with Crippen LogP contribution in [0.1, 0.15) is 16.8 Å². The van der Waals surface area contributed by atoms with Crippen LogP contribution in [-0.4, -0.2) is 18.9 Å². The molecular weight excluding hydrogens is 187 g/mol. The molecule has 0 aliphatic heterocycles. The maximum absolute atomic E-state index is 12.7. The Morgan fingerprint density at radius 1 is 1.43 bits per heavy atom. The number of methoxy groups -OCH3 is 1. The van der Waals surface area contributed by atoms with Gasteiger partial charge >= 0.3 is 5.97 Å². The number of rotatable bonds is 3. The monoisotopic (exact) mass is 196 g/mol. The van der Waals surface area contributed by atoms with E-state index < -0.39 is 17.6 Å². The summed E-state index contributed by atoms with van der Waals surface area (Å²) in [4.78, 5) is 22.0. The summed E-state index contributed by atoms with van der Waals surface area (Å²) in [6.07, 6.45) is -0.361. The van der Waals surface area contributed by atoms with E-state index in [-0.39, 0.29) is 12.0 Å². The first kappa shape index (κ1) is 10.4. The van der Waals surface area contributed by atoms with Crippen molar-refractivity contribution in [3.8, 4) is 0 Å². The third-order valence-corrected chi connectivity index (χ3v) is 1.68. The summed E-state index contributed by atoms with van der Waals surface area (Å²) in [6.45, 7) is 0. The van der Waals surface area contributed by atoms with Crippen LogP contribution in [0.2, 0.25) is 0 Å². The summed E-state index contributed by atoms with van der Waals surface area (Å²) < 4.78 is 17.0. The lowest BCUT2D eigenvalue weighted by Crippen LogP contribution is -2.09. The van der Waals surface area contributed by atoms with Gasteiger partial charge in [-0.05, 0) is 12.1 Å². The minimum Gasteiger partial charge on any atom is -0.469 e. The maximum atomic E-state index is 12.7. The highest BCUT2D eigenvalue weighted by Crippen LogP contribution is 2.06. The van der Waals surface area contributed by atoms with Crippen molar-refractivity contribution < 1.29 is 18.7 Å². The van der Waals surface area contributed by atoms with E-state index in [9.17, 15) is 14.0 Å². The lowest BCUT2D eigenvalue weighted by Gasteiger charge is -1.99. The molecule has 0 aromatic heterocycles. The minimum absolute atomic E-state index is 0.176. The molecule has 0 atom stereocenters. The van der Waals surface area contributed by atoms with Crippen LogP contribution in [0.4, 0.5) is 4.39 Å². The van der Waals surface area contributed by atoms with Gasteiger partial charge in [-0.3, -0.25) is 9.59 Å². The molecule has 0 N–H and O–H groups in total. The van der Waals surface area contributed by atoms with Gasteiger partial charge in [0.1, 0.15) is 12.2 Å². The molecule has 0 aliphatic carbocycles. The lowest BCUT2D eigenvalue weighted by molar-refractivity contribution is -0.139. The number of hydrogen-bond acceptors (Lipinski definition) is 3. The van der Waals surface area contributed by atoms with E-state index in [2.05, 4.69) is 4.74 Å². The van der Waals surface area contributed by atoms with E-state index in [1.54, 1.807) is 0 Å². The molecule has 3 nitrogen and oxygen atoms in total. The van der Waals surface area contributed by atoms with E-state index in [1.807, 2.05) is 0 Å². The first-order valence-electron chi connectivity index (χ1n) is 3.99. The average Bonchev–Trinajstić information content (AvgIpc) is 2.17. The first-order chi connectivity index (χ1) is 6.63. The number of Topliss-reactive ketones (excluding diaryl/α,β-unsaturated/α-hetero) is 1. The fraction of sp³-hybridized carbons (Fsp3) is 0.200. The molecule has 74 valence electrons. The van der Waals surface area contributed by atoms with Crippen LogP contribution in [0.5, 0.6) is 0 Å². The molecule has 1 aromatic carbocycles. The summed E-state index contributed by atoms with van der Waals surface area (Å²) in [5.41, 5.74) is 0.176. The molecule has 0 radical (unpaired) electrons. The van der Waals surface area contributed by atoms with E-state index in [1.165, 1.54) is 25.3 Å². The zero-order valence-electron chi connectivity index (χ0n) is 7.62. The molecular formula is C10H9FO3. The number of benzene rings is 1. The predicted molar refractivity (Wildman–Crippen MR) is 47.4 cm³/mol. The highest BCUT2D eigenvalue weighted by molar-refractivity contribution is 6.05. The van der Waals surface area contributed by atoms with E-state index in [4.69, 9.17) is 0 Å². The van der Waals surface area contributed by atoms with E-state index >= 15 is 0 Å². The van der Waals surface area contributed by atoms with Crippen molar-refractivity contribution in [1.29, 1.82) is 0 Å². The number of esters is 1. The minimum atomic E-state index is -0.626. The van der Waals surface area contributed by atoms with E-state index in [0.717, 1.165) is 6.07 Å². The number of ether oxygens (including phenoxy) is 1. The summed E-state index contributed by atoms with van der Waals surface area (Å²) in [5, 5.41) is 0. The zero-order valence-corrected chi connectivity index (χ0v) is 7.62. The standard InChI is InChI=1S/C10H9FO3/c1-14-10(13)6-9(12)7-3-2-4-8(11)5-7/h2-5H,6H2,1H3. The summed E-state index contributed by atoms with van der Waals surface area (Å²) >= 11 is 0. The number of ketones is 1. The molecule has 0 saturated carbocycles. The topological polar surface area (TPSA) is 43.4 Å². The van der Waals surface area contributed by atoms with Gasteiger partial charge in [0.2, 0.25) is 0 Å². The SMILES string of the molecule is COC(=O)CC(=O)c1cccc(F)c1. The molecule has 0 unspecified atom stereocenters. The molecule has 0 bridgehead atoms. The number of halogens is 1. The van der Waals surface area contributed by atoms with Crippen molar-refractivity contribution in [2.24, 2.45) is 0 Å². The molecule has 0 saturated heterocycles. The number of hydrogen-bond donors (Lipinski definition) is 0. The van der Waals surface area contributed by atoms with Crippen molar-refractivity contribution in [2.75, 3.05) is 7.11 Å². The highest BCUT2D eigenvalue weighted by Gasteiger charge is 2.11. The molecule has 0 fully saturated rings. The van der Waals surface area contributed by atoms with Crippen LogP contribution in [-0.2, 0) is 9.53 Å². The zero-order chi connectivity index (χ0) is 10.6. The van der Waals surface area contributed by atoms with Gasteiger partial charge in [0, 0.05) is 5.56 Å². The highest BCUT2D eigenvalue weighted by atomic mass is 19.1. The van der Waals surface area contributed by atoms with Crippen molar-refractivity contribution in [2.45, 2.75) is 6.42 Å². The van der Waals surface area contributed by atoms with Gasteiger partial charge in [0.25, 0.3) is 0 Å². The normalized spacial score (nSPS) is 9.57. The molecule has 0 aliphatic rings. The van der Waals surface area contributed by atoms with Crippen LogP contribution >= 0.6 is 0 Å². The van der Waals surface area contributed by atoms with Crippen molar-refractivity contribution in [1.82, 2.24) is 0 Å². The largest absolute Gasteiger partial charge is 0.469 e. The molecule has 1 rings (SSSR count). The third kappa shape index (κ3) is 2.65. The second-order valence-electron chi connectivity index (χ2n) is 2.69. The molecule has 0 spiro atoms. The van der Waals surface area contributed by atoms with Gasteiger partial charge in [-0.15, -0.1) is 0 Å². The third-order valence-electron chi connectivity index (χ3n) is 1.68. The summed E-state index contributed by atoms with van der Waals surface area (Å²) in [5.74, 6) is -1.57. The van der Waals surface area contributed by atoms with Crippen LogP contribution in [0.15, 0.2) is 24.3 Å². The molecule has 4 heteroatoms.